The van der Waals surface area contributed by atoms with Gasteiger partial charge in [-0.3, -0.25) is 24.3 Å². The number of nitrogens with zero attached hydrogens (tertiary/aromatic N) is 2. The number of β-lactam (4-membered cyclic amide) rings is 1. The van der Waals surface area contributed by atoms with Crippen LogP contribution < -0.4 is 10.6 Å². The zero-order valence-electron chi connectivity index (χ0n) is 25.3. The third kappa shape index (κ3) is 6.45. The van der Waals surface area contributed by atoms with Gasteiger partial charge in [0.25, 0.3) is 5.91 Å². The van der Waals surface area contributed by atoms with E-state index in [1.807, 2.05) is 97.9 Å². The van der Waals surface area contributed by atoms with E-state index in [4.69, 9.17) is 9.47 Å². The van der Waals surface area contributed by atoms with Crippen molar-refractivity contribution in [2.24, 2.45) is 0 Å². The van der Waals surface area contributed by atoms with Crippen molar-refractivity contribution >= 4 is 52.1 Å². The summed E-state index contributed by atoms with van der Waals surface area (Å²) in [5, 5.41) is 6.34. The van der Waals surface area contributed by atoms with E-state index in [1.165, 1.54) is 23.6 Å². The lowest BCUT2D eigenvalue weighted by atomic mass is 10.0. The number of nitrogens with one attached hydrogen (secondary N) is 2. The third-order valence-corrected chi connectivity index (χ3v) is 9.06. The number of fused-ring (bicyclic) bond motifs is 2. The minimum absolute atomic E-state index is 0.0363. The average Bonchev–Trinajstić information content (AvgIpc) is 3.07. The van der Waals surface area contributed by atoms with Crippen molar-refractivity contribution in [2.75, 3.05) is 24.2 Å². The highest BCUT2D eigenvalue weighted by atomic mass is 32.2. The molecule has 46 heavy (non-hydrogen) atoms. The number of rotatable bonds is 10. The van der Waals surface area contributed by atoms with Gasteiger partial charge in [0.15, 0.2) is 6.10 Å². The molecule has 0 spiro atoms. The van der Waals surface area contributed by atoms with E-state index in [0.717, 1.165) is 33.4 Å². The molecule has 0 unspecified atom stereocenters. The van der Waals surface area contributed by atoms with Gasteiger partial charge in [0.05, 0.1) is 12.1 Å². The van der Waals surface area contributed by atoms with Crippen LogP contribution in [0.15, 0.2) is 102 Å². The van der Waals surface area contributed by atoms with E-state index in [9.17, 15) is 19.2 Å². The Bertz CT molecular complexity index is 1790. The molecule has 4 aromatic rings. The van der Waals surface area contributed by atoms with Crippen molar-refractivity contribution in [1.82, 2.24) is 15.2 Å². The first-order valence-electron chi connectivity index (χ1n) is 14.8. The number of amides is 2. The summed E-state index contributed by atoms with van der Waals surface area (Å²) >= 11 is 1.38. The molecule has 2 amide bonds. The molecule has 2 aliphatic rings. The minimum atomic E-state index is -0.840. The summed E-state index contributed by atoms with van der Waals surface area (Å²) in [6.45, 7) is 2.94. The quantitative estimate of drug-likeness (QED) is 0.191. The molecule has 11 heteroatoms. The monoisotopic (exact) mass is 636 g/mol. The molecule has 0 radical (unpaired) electrons. The number of aryl methyl sites for hydroxylation is 1. The van der Waals surface area contributed by atoms with Crippen LogP contribution in [0.4, 0.5) is 5.69 Å². The Labute approximate surface area is 270 Å². The van der Waals surface area contributed by atoms with Crippen molar-refractivity contribution in [3.8, 4) is 0 Å². The number of thioether (sulfide) groups is 1. The number of anilines is 1. The minimum Gasteiger partial charge on any atom is -0.461 e. The SMILES string of the molecule is CC(=O)OCC1=C(C(=O)OC(c2ccccc2)c2ccccc2)N2C(=O)[C@@H](NC(=O)CNc3cc(C)nc4ccccc34)[C@H]2SC1. The molecule has 3 aromatic carbocycles. The average molecular weight is 637 g/mol. The summed E-state index contributed by atoms with van der Waals surface area (Å²) in [6, 6.07) is 27.3. The molecule has 2 atom stereocenters. The largest absolute Gasteiger partial charge is 0.461 e. The second-order valence-electron chi connectivity index (χ2n) is 11.0. The van der Waals surface area contributed by atoms with Crippen molar-refractivity contribution < 1.29 is 28.7 Å². The van der Waals surface area contributed by atoms with E-state index in [0.29, 0.717) is 11.3 Å². The summed E-state index contributed by atoms with van der Waals surface area (Å²) in [5.74, 6) is -1.74. The standard InChI is InChI=1S/C35H32N4O6S/c1-21-17-28(26-15-9-10-16-27(26)37-21)36-18-29(41)38-30-33(42)39-31(25(19-44-22(2)40)20-46-34(30)39)35(43)45-32(23-11-5-3-6-12-23)24-13-7-4-8-14-24/h3-17,30,32,34H,18-20H2,1-2H3,(H,36,37)(H,38,41)/t30-,34-/m1/s1. The Morgan fingerprint density at radius 2 is 1.63 bits per heavy atom. The molecular formula is C35H32N4O6S. The second-order valence-corrected chi connectivity index (χ2v) is 12.1. The Morgan fingerprint density at radius 1 is 0.978 bits per heavy atom. The zero-order chi connectivity index (χ0) is 32.2. The molecule has 6 rings (SSSR count). The predicted molar refractivity (Wildman–Crippen MR) is 174 cm³/mol. The van der Waals surface area contributed by atoms with Crippen molar-refractivity contribution in [3.63, 3.8) is 0 Å². The molecule has 0 saturated carbocycles. The number of carbonyl (C=O) groups is 4. The van der Waals surface area contributed by atoms with E-state index in [1.54, 1.807) is 0 Å². The Balaban J connectivity index is 1.20. The maximum atomic E-state index is 13.9. The van der Waals surface area contributed by atoms with E-state index >= 15 is 0 Å². The molecule has 0 aliphatic carbocycles. The van der Waals surface area contributed by atoms with E-state index < -0.39 is 35.4 Å². The number of hydrogen-bond donors (Lipinski definition) is 2. The maximum Gasteiger partial charge on any atom is 0.356 e. The molecule has 234 valence electrons. The van der Waals surface area contributed by atoms with Crippen LogP contribution in [-0.4, -0.2) is 64.0 Å². The summed E-state index contributed by atoms with van der Waals surface area (Å²) in [6.07, 6.45) is -0.740. The fourth-order valence-corrected chi connectivity index (χ4v) is 6.90. The van der Waals surface area contributed by atoms with E-state index in [2.05, 4.69) is 15.6 Å². The first kappa shape index (κ1) is 30.8. The third-order valence-electron chi connectivity index (χ3n) is 7.72. The highest BCUT2D eigenvalue weighted by Crippen LogP contribution is 2.41. The van der Waals surface area contributed by atoms with Gasteiger partial charge in [-0.05, 0) is 30.2 Å². The Morgan fingerprint density at radius 3 is 2.30 bits per heavy atom. The first-order valence-corrected chi connectivity index (χ1v) is 15.9. The van der Waals surface area contributed by atoms with Gasteiger partial charge in [0.2, 0.25) is 5.91 Å². The van der Waals surface area contributed by atoms with Gasteiger partial charge in [0, 0.05) is 35.0 Å². The van der Waals surface area contributed by atoms with Crippen LogP contribution in [0, 0.1) is 6.92 Å². The molecule has 2 N–H and O–H groups in total. The van der Waals surface area contributed by atoms with Gasteiger partial charge in [0.1, 0.15) is 23.7 Å². The Kier molecular flexibility index (Phi) is 9.02. The Hall–Kier alpha value is -5.16. The number of ether oxygens (including phenoxy) is 2. The lowest BCUT2D eigenvalue weighted by Gasteiger charge is -2.49. The number of para-hydroxylation sites is 1. The molecule has 10 nitrogen and oxygen atoms in total. The van der Waals surface area contributed by atoms with Gasteiger partial charge in [-0.2, -0.15) is 0 Å². The van der Waals surface area contributed by atoms with Gasteiger partial charge in [-0.15, -0.1) is 11.8 Å². The number of pyridine rings is 1. The van der Waals surface area contributed by atoms with Crippen LogP contribution in [0.5, 0.6) is 0 Å². The lowest BCUT2D eigenvalue weighted by molar-refractivity contribution is -0.155. The summed E-state index contributed by atoms with van der Waals surface area (Å²) in [4.78, 5) is 58.1. The number of carbonyl (C=O) groups excluding carboxylic acids is 4. The van der Waals surface area contributed by atoms with Crippen LogP contribution in [0.2, 0.25) is 0 Å². The molecule has 1 saturated heterocycles. The van der Waals surface area contributed by atoms with Gasteiger partial charge in [-0.25, -0.2) is 4.79 Å². The molecule has 1 aromatic heterocycles. The van der Waals surface area contributed by atoms with Crippen LogP contribution >= 0.6 is 11.8 Å². The normalized spacial score (nSPS) is 17.3. The summed E-state index contributed by atoms with van der Waals surface area (Å²) in [7, 11) is 0. The van der Waals surface area contributed by atoms with Gasteiger partial charge in [-0.1, -0.05) is 78.9 Å². The molecule has 0 bridgehead atoms. The molecule has 3 heterocycles. The highest BCUT2D eigenvalue weighted by Gasteiger charge is 2.54. The number of aromatic nitrogens is 1. The lowest BCUT2D eigenvalue weighted by Crippen LogP contribution is -2.71. The van der Waals surface area contributed by atoms with Crippen molar-refractivity contribution in [3.05, 3.63) is 119 Å². The molecule has 2 aliphatic heterocycles. The smallest absolute Gasteiger partial charge is 0.356 e. The van der Waals surface area contributed by atoms with Crippen LogP contribution in [0.1, 0.15) is 29.8 Å². The molecular weight excluding hydrogens is 604 g/mol. The number of esters is 2. The summed E-state index contributed by atoms with van der Waals surface area (Å²) in [5.41, 5.74) is 4.40. The highest BCUT2D eigenvalue weighted by molar-refractivity contribution is 8.00. The molecule has 1 fully saturated rings. The van der Waals surface area contributed by atoms with Crippen molar-refractivity contribution in [1.29, 1.82) is 0 Å². The fraction of sp³-hybridized carbons (Fsp3) is 0.229. The number of benzene rings is 3. The zero-order valence-corrected chi connectivity index (χ0v) is 26.1. The van der Waals surface area contributed by atoms with Gasteiger partial charge >= 0.3 is 11.9 Å². The van der Waals surface area contributed by atoms with Crippen molar-refractivity contribution in [2.45, 2.75) is 31.4 Å². The number of hydrogen-bond acceptors (Lipinski definition) is 9. The van der Waals surface area contributed by atoms with Crippen LogP contribution in [0.25, 0.3) is 10.9 Å². The topological polar surface area (TPSA) is 127 Å². The van der Waals surface area contributed by atoms with Gasteiger partial charge < -0.3 is 20.1 Å². The fourth-order valence-electron chi connectivity index (χ4n) is 5.57. The summed E-state index contributed by atoms with van der Waals surface area (Å²) < 4.78 is 11.4. The second kappa shape index (κ2) is 13.5. The van der Waals surface area contributed by atoms with Crippen LogP contribution in [0.3, 0.4) is 0 Å². The van der Waals surface area contributed by atoms with Crippen LogP contribution in [-0.2, 0) is 28.7 Å². The predicted octanol–water partition coefficient (Wildman–Crippen LogP) is 4.51. The van der Waals surface area contributed by atoms with E-state index in [-0.39, 0.29) is 24.8 Å². The first-order chi connectivity index (χ1) is 22.3. The maximum absolute atomic E-state index is 13.9.